The summed E-state index contributed by atoms with van der Waals surface area (Å²) in [7, 11) is 1.54. The first-order valence-corrected chi connectivity index (χ1v) is 5.04. The maximum Gasteiger partial charge on any atom is 0.129 e. The molecule has 0 bridgehead atoms. The lowest BCUT2D eigenvalue weighted by molar-refractivity contribution is 0.415. The highest BCUT2D eigenvalue weighted by atomic mass is 35.5. The smallest absolute Gasteiger partial charge is 0.129 e. The third kappa shape index (κ3) is 2.14. The molecule has 2 aromatic rings. The van der Waals surface area contributed by atoms with Crippen LogP contribution in [0.4, 0.5) is 4.39 Å². The molecule has 16 heavy (non-hydrogen) atoms. The Hall–Kier alpha value is -1.61. The zero-order chi connectivity index (χ0) is 11.5. The van der Waals surface area contributed by atoms with E-state index in [1.165, 1.54) is 12.1 Å². The average Bonchev–Trinajstić information content (AvgIpc) is 2.30. The highest BCUT2D eigenvalue weighted by Gasteiger charge is 2.07. The van der Waals surface area contributed by atoms with E-state index >= 15 is 0 Å². The summed E-state index contributed by atoms with van der Waals surface area (Å²) in [5.74, 6) is 0.288. The lowest BCUT2D eigenvalue weighted by atomic mass is 10.1. The quantitative estimate of drug-likeness (QED) is 0.746. The summed E-state index contributed by atoms with van der Waals surface area (Å²) in [4.78, 5) is 3.95. The Balaban J connectivity index is 2.53. The number of ether oxygens (including phenoxy) is 1. The first-order valence-electron chi connectivity index (χ1n) is 4.66. The van der Waals surface area contributed by atoms with E-state index < -0.39 is 0 Å². The summed E-state index contributed by atoms with van der Waals surface area (Å²) in [6, 6.07) is 7.77. The molecule has 0 spiro atoms. The summed E-state index contributed by atoms with van der Waals surface area (Å²) in [6.07, 6.45) is 1.58. The fraction of sp³-hybridized carbons (Fsp3) is 0.0833. The van der Waals surface area contributed by atoms with E-state index in [-0.39, 0.29) is 5.82 Å². The average molecular weight is 238 g/mol. The molecule has 82 valence electrons. The van der Waals surface area contributed by atoms with Gasteiger partial charge >= 0.3 is 0 Å². The standard InChI is InChI=1S/C12H9ClFNO/c1-16-11-4-3-9(14)6-10(11)8-2-5-12(13)15-7-8/h2-7H,1H3. The number of benzene rings is 1. The van der Waals surface area contributed by atoms with Gasteiger partial charge in [0.1, 0.15) is 16.7 Å². The molecule has 1 aromatic heterocycles. The maximum absolute atomic E-state index is 13.1. The van der Waals surface area contributed by atoms with Gasteiger partial charge in [-0.1, -0.05) is 11.6 Å². The Bertz CT molecular complexity index is 499. The lowest BCUT2D eigenvalue weighted by Gasteiger charge is -2.08. The van der Waals surface area contributed by atoms with Crippen LogP contribution in [0.3, 0.4) is 0 Å². The number of nitrogens with zero attached hydrogens (tertiary/aromatic N) is 1. The molecule has 0 saturated heterocycles. The van der Waals surface area contributed by atoms with Crippen LogP contribution in [-0.2, 0) is 0 Å². The predicted molar refractivity (Wildman–Crippen MR) is 61.2 cm³/mol. The van der Waals surface area contributed by atoms with Gasteiger partial charge in [-0.15, -0.1) is 0 Å². The molecule has 0 atom stereocenters. The molecule has 0 unspecified atom stereocenters. The molecule has 4 heteroatoms. The van der Waals surface area contributed by atoms with Crippen molar-refractivity contribution >= 4 is 11.6 Å². The summed E-state index contributed by atoms with van der Waals surface area (Å²) in [5.41, 5.74) is 1.42. The van der Waals surface area contributed by atoms with E-state index in [1.807, 2.05) is 0 Å². The van der Waals surface area contributed by atoms with Crippen LogP contribution < -0.4 is 4.74 Å². The van der Waals surface area contributed by atoms with Gasteiger partial charge in [-0.2, -0.15) is 0 Å². The lowest BCUT2D eigenvalue weighted by Crippen LogP contribution is -1.89. The Morgan fingerprint density at radius 3 is 2.69 bits per heavy atom. The van der Waals surface area contributed by atoms with E-state index in [0.717, 1.165) is 5.56 Å². The van der Waals surface area contributed by atoms with Gasteiger partial charge in [0.2, 0.25) is 0 Å². The first kappa shape index (κ1) is 10.9. The van der Waals surface area contributed by atoms with Crippen LogP contribution in [0.25, 0.3) is 11.1 Å². The molecule has 0 aliphatic rings. The fourth-order valence-electron chi connectivity index (χ4n) is 1.44. The van der Waals surface area contributed by atoms with Crippen molar-refractivity contribution in [1.29, 1.82) is 0 Å². The zero-order valence-corrected chi connectivity index (χ0v) is 9.33. The minimum absolute atomic E-state index is 0.314. The minimum atomic E-state index is -0.314. The van der Waals surface area contributed by atoms with Crippen LogP contribution in [0.1, 0.15) is 0 Å². The fourth-order valence-corrected chi connectivity index (χ4v) is 1.55. The number of aromatic nitrogens is 1. The number of rotatable bonds is 2. The van der Waals surface area contributed by atoms with Crippen LogP contribution in [0.15, 0.2) is 36.5 Å². The summed E-state index contributed by atoms with van der Waals surface area (Å²) < 4.78 is 18.3. The molecule has 0 N–H and O–H groups in total. The van der Waals surface area contributed by atoms with Gasteiger partial charge in [0.05, 0.1) is 7.11 Å². The van der Waals surface area contributed by atoms with Crippen LogP contribution in [0.5, 0.6) is 5.75 Å². The van der Waals surface area contributed by atoms with Crippen molar-refractivity contribution in [3.8, 4) is 16.9 Å². The Kier molecular flexibility index (Phi) is 3.06. The van der Waals surface area contributed by atoms with Crippen LogP contribution >= 0.6 is 11.6 Å². The normalized spacial score (nSPS) is 10.2. The van der Waals surface area contributed by atoms with Crippen LogP contribution in [0, 0.1) is 5.82 Å². The molecule has 1 aromatic carbocycles. The van der Waals surface area contributed by atoms with Gasteiger partial charge in [0.15, 0.2) is 0 Å². The number of methoxy groups -OCH3 is 1. The van der Waals surface area contributed by atoms with E-state index in [2.05, 4.69) is 4.98 Å². The number of hydrogen-bond acceptors (Lipinski definition) is 2. The van der Waals surface area contributed by atoms with Crippen molar-refractivity contribution in [2.75, 3.05) is 7.11 Å². The molecular formula is C12H9ClFNO. The highest BCUT2D eigenvalue weighted by Crippen LogP contribution is 2.30. The summed E-state index contributed by atoms with van der Waals surface area (Å²) in [5, 5.41) is 0.402. The molecule has 0 amide bonds. The number of pyridine rings is 1. The first-order chi connectivity index (χ1) is 7.70. The van der Waals surface area contributed by atoms with E-state index in [0.29, 0.717) is 16.5 Å². The Morgan fingerprint density at radius 2 is 2.06 bits per heavy atom. The molecular weight excluding hydrogens is 229 g/mol. The maximum atomic E-state index is 13.1. The summed E-state index contributed by atoms with van der Waals surface area (Å²) >= 11 is 5.69. The van der Waals surface area contributed by atoms with Gasteiger partial charge in [0.25, 0.3) is 0 Å². The molecule has 0 fully saturated rings. The third-order valence-corrected chi connectivity index (χ3v) is 2.42. The third-order valence-electron chi connectivity index (χ3n) is 2.20. The second-order valence-corrected chi connectivity index (χ2v) is 3.60. The van der Waals surface area contributed by atoms with Crippen LogP contribution in [0.2, 0.25) is 5.15 Å². The molecule has 1 heterocycles. The van der Waals surface area contributed by atoms with Crippen molar-refractivity contribution in [2.45, 2.75) is 0 Å². The molecule has 0 radical (unpaired) electrons. The minimum Gasteiger partial charge on any atom is -0.496 e. The molecule has 0 aliphatic carbocycles. The van der Waals surface area contributed by atoms with Crippen molar-refractivity contribution in [1.82, 2.24) is 4.98 Å². The molecule has 2 nitrogen and oxygen atoms in total. The molecule has 2 rings (SSSR count). The molecule has 0 saturated carbocycles. The summed E-state index contributed by atoms with van der Waals surface area (Å²) in [6.45, 7) is 0. The Labute approximate surface area is 97.7 Å². The monoisotopic (exact) mass is 237 g/mol. The van der Waals surface area contributed by atoms with Crippen LogP contribution in [-0.4, -0.2) is 12.1 Å². The van der Waals surface area contributed by atoms with E-state index in [9.17, 15) is 4.39 Å². The van der Waals surface area contributed by atoms with Crippen molar-refractivity contribution < 1.29 is 9.13 Å². The van der Waals surface area contributed by atoms with Gasteiger partial charge < -0.3 is 4.74 Å². The van der Waals surface area contributed by atoms with Gasteiger partial charge in [-0.05, 0) is 30.3 Å². The largest absolute Gasteiger partial charge is 0.496 e. The number of hydrogen-bond donors (Lipinski definition) is 0. The molecule has 0 aliphatic heterocycles. The van der Waals surface area contributed by atoms with Gasteiger partial charge in [-0.3, -0.25) is 0 Å². The van der Waals surface area contributed by atoms with Gasteiger partial charge in [0, 0.05) is 17.3 Å². The second kappa shape index (κ2) is 4.49. The van der Waals surface area contributed by atoms with Crippen molar-refractivity contribution in [2.24, 2.45) is 0 Å². The second-order valence-electron chi connectivity index (χ2n) is 3.21. The highest BCUT2D eigenvalue weighted by molar-refractivity contribution is 6.29. The number of halogens is 2. The predicted octanol–water partition coefficient (Wildman–Crippen LogP) is 3.55. The topological polar surface area (TPSA) is 22.1 Å². The van der Waals surface area contributed by atoms with Crippen molar-refractivity contribution in [3.63, 3.8) is 0 Å². The SMILES string of the molecule is COc1ccc(F)cc1-c1ccc(Cl)nc1. The van der Waals surface area contributed by atoms with E-state index in [1.54, 1.807) is 31.5 Å². The van der Waals surface area contributed by atoms with Gasteiger partial charge in [-0.25, -0.2) is 9.37 Å². The zero-order valence-electron chi connectivity index (χ0n) is 8.58. The Morgan fingerprint density at radius 1 is 1.25 bits per heavy atom. The van der Waals surface area contributed by atoms with E-state index in [4.69, 9.17) is 16.3 Å². The van der Waals surface area contributed by atoms with Crippen molar-refractivity contribution in [3.05, 3.63) is 47.5 Å².